The Morgan fingerprint density at radius 2 is 2.25 bits per heavy atom. The second kappa shape index (κ2) is 8.66. The highest BCUT2D eigenvalue weighted by atomic mass is 32.2. The van der Waals surface area contributed by atoms with E-state index >= 15 is 0 Å². The van der Waals surface area contributed by atoms with Crippen molar-refractivity contribution in [2.75, 3.05) is 5.75 Å². The van der Waals surface area contributed by atoms with E-state index in [0.717, 1.165) is 0 Å². The van der Waals surface area contributed by atoms with Gasteiger partial charge in [0.2, 0.25) is 0 Å². The van der Waals surface area contributed by atoms with Crippen molar-refractivity contribution in [3.63, 3.8) is 0 Å². The molecule has 0 bridgehead atoms. The zero-order valence-corrected chi connectivity index (χ0v) is 8.86. The van der Waals surface area contributed by atoms with Crippen LogP contribution in [-0.4, -0.2) is 5.75 Å². The molecule has 0 aromatic heterocycles. The van der Waals surface area contributed by atoms with E-state index in [1.54, 1.807) is 0 Å². The quantitative estimate of drug-likeness (QED) is 0.337. The number of unbranched alkanes of at least 4 members (excludes halogenated alkanes) is 1. The van der Waals surface area contributed by atoms with Crippen molar-refractivity contribution >= 4 is 11.8 Å². The van der Waals surface area contributed by atoms with E-state index in [4.69, 9.17) is 0 Å². The minimum Gasteiger partial charge on any atom is -0.131 e. The van der Waals surface area contributed by atoms with E-state index in [0.29, 0.717) is 0 Å². The van der Waals surface area contributed by atoms with Crippen molar-refractivity contribution in [1.82, 2.24) is 0 Å². The molecule has 0 spiro atoms. The third-order valence-electron chi connectivity index (χ3n) is 1.43. The van der Waals surface area contributed by atoms with Gasteiger partial charge in [-0.15, -0.1) is 11.8 Å². The Morgan fingerprint density at radius 3 is 2.83 bits per heavy atom. The van der Waals surface area contributed by atoms with Crippen LogP contribution in [0.15, 0.2) is 35.8 Å². The van der Waals surface area contributed by atoms with Crippen LogP contribution in [0.1, 0.15) is 26.7 Å². The zero-order valence-electron chi connectivity index (χ0n) is 8.05. The molecule has 0 aromatic carbocycles. The first-order chi connectivity index (χ1) is 5.81. The fourth-order valence-corrected chi connectivity index (χ4v) is 1.64. The lowest BCUT2D eigenvalue weighted by Gasteiger charge is -1.97. The normalized spacial score (nSPS) is 12.3. The molecule has 68 valence electrons. The van der Waals surface area contributed by atoms with E-state index in [2.05, 4.69) is 38.7 Å². The second-order valence-electron chi connectivity index (χ2n) is 2.57. The van der Waals surface area contributed by atoms with Gasteiger partial charge in [0.15, 0.2) is 0 Å². The molecule has 0 atom stereocenters. The number of thioether (sulfide) groups is 1. The lowest BCUT2D eigenvalue weighted by molar-refractivity contribution is 0.971. The van der Waals surface area contributed by atoms with E-state index < -0.39 is 0 Å². The summed E-state index contributed by atoms with van der Waals surface area (Å²) >= 11 is 1.91. The van der Waals surface area contributed by atoms with Gasteiger partial charge in [-0.25, -0.2) is 0 Å². The largest absolute Gasteiger partial charge is 0.131 e. The molecule has 12 heavy (non-hydrogen) atoms. The summed E-state index contributed by atoms with van der Waals surface area (Å²) in [6.45, 7) is 7.85. The van der Waals surface area contributed by atoms with Crippen molar-refractivity contribution in [2.24, 2.45) is 0 Å². The molecule has 0 N–H and O–H groups in total. The maximum atomic E-state index is 3.66. The maximum absolute atomic E-state index is 3.66. The van der Waals surface area contributed by atoms with Crippen LogP contribution < -0.4 is 0 Å². The van der Waals surface area contributed by atoms with Crippen molar-refractivity contribution < 1.29 is 0 Å². The Morgan fingerprint density at radius 1 is 1.50 bits per heavy atom. The fourth-order valence-electron chi connectivity index (χ4n) is 0.815. The molecule has 0 aromatic rings. The molecule has 0 saturated carbocycles. The summed E-state index contributed by atoms with van der Waals surface area (Å²) in [7, 11) is 0. The van der Waals surface area contributed by atoms with Gasteiger partial charge in [0.05, 0.1) is 0 Å². The SMILES string of the molecule is C=CC=C(C)SCCCC=CC. The van der Waals surface area contributed by atoms with Gasteiger partial charge < -0.3 is 0 Å². The molecule has 0 amide bonds. The Kier molecular flexibility index (Phi) is 8.35. The minimum atomic E-state index is 1.20. The molecule has 0 aliphatic carbocycles. The van der Waals surface area contributed by atoms with Gasteiger partial charge in [0.25, 0.3) is 0 Å². The van der Waals surface area contributed by atoms with Crippen LogP contribution in [0.4, 0.5) is 0 Å². The number of allylic oxidation sites excluding steroid dienone is 5. The Bertz CT molecular complexity index is 166. The summed E-state index contributed by atoms with van der Waals surface area (Å²) in [5, 5.41) is 0. The minimum absolute atomic E-state index is 1.20. The van der Waals surface area contributed by atoms with Crippen LogP contribution in [0.25, 0.3) is 0 Å². The Balaban J connectivity index is 3.31. The van der Waals surface area contributed by atoms with Crippen molar-refractivity contribution in [3.8, 4) is 0 Å². The van der Waals surface area contributed by atoms with Gasteiger partial charge in [-0.3, -0.25) is 0 Å². The molecular formula is C11H18S. The van der Waals surface area contributed by atoms with Crippen LogP contribution >= 0.6 is 11.8 Å². The van der Waals surface area contributed by atoms with Gasteiger partial charge in [0.1, 0.15) is 0 Å². The first kappa shape index (κ1) is 11.6. The molecule has 0 radical (unpaired) electrons. The summed E-state index contributed by atoms with van der Waals surface area (Å²) in [6.07, 6.45) is 10.7. The summed E-state index contributed by atoms with van der Waals surface area (Å²) in [6, 6.07) is 0. The Labute approximate surface area is 80.4 Å². The van der Waals surface area contributed by atoms with Gasteiger partial charge >= 0.3 is 0 Å². The van der Waals surface area contributed by atoms with Crippen LogP contribution in [0.5, 0.6) is 0 Å². The summed E-state index contributed by atoms with van der Waals surface area (Å²) in [5.41, 5.74) is 0. The average molecular weight is 182 g/mol. The summed E-state index contributed by atoms with van der Waals surface area (Å²) < 4.78 is 0. The van der Waals surface area contributed by atoms with Gasteiger partial charge in [0, 0.05) is 0 Å². The molecular weight excluding hydrogens is 164 g/mol. The lowest BCUT2D eigenvalue weighted by Crippen LogP contribution is -1.77. The molecule has 0 nitrogen and oxygen atoms in total. The number of hydrogen-bond acceptors (Lipinski definition) is 1. The Hall–Kier alpha value is -0.430. The van der Waals surface area contributed by atoms with Crippen LogP contribution in [0.3, 0.4) is 0 Å². The predicted molar refractivity (Wildman–Crippen MR) is 60.5 cm³/mol. The van der Waals surface area contributed by atoms with Crippen molar-refractivity contribution in [1.29, 1.82) is 0 Å². The predicted octanol–water partition coefficient (Wildman–Crippen LogP) is 4.17. The number of rotatable bonds is 6. The number of hydrogen-bond donors (Lipinski definition) is 0. The monoisotopic (exact) mass is 182 g/mol. The topological polar surface area (TPSA) is 0 Å². The molecule has 0 heterocycles. The molecule has 0 saturated heterocycles. The lowest BCUT2D eigenvalue weighted by atomic mass is 10.3. The van der Waals surface area contributed by atoms with Gasteiger partial charge in [-0.05, 0) is 37.3 Å². The molecule has 0 unspecified atom stereocenters. The van der Waals surface area contributed by atoms with Gasteiger partial charge in [-0.2, -0.15) is 0 Å². The highest BCUT2D eigenvalue weighted by Crippen LogP contribution is 2.16. The standard InChI is InChI=1S/C11H18S/c1-4-6-7-8-10-12-11(3)9-5-2/h4-6,9H,2,7-8,10H2,1,3H3. The molecule has 0 aliphatic rings. The highest BCUT2D eigenvalue weighted by molar-refractivity contribution is 8.03. The summed E-state index contributed by atoms with van der Waals surface area (Å²) in [5.74, 6) is 1.21. The second-order valence-corrected chi connectivity index (χ2v) is 3.91. The van der Waals surface area contributed by atoms with E-state index in [9.17, 15) is 0 Å². The zero-order chi connectivity index (χ0) is 9.23. The first-order valence-corrected chi connectivity index (χ1v) is 5.33. The average Bonchev–Trinajstić information content (AvgIpc) is 2.05. The van der Waals surface area contributed by atoms with Crippen LogP contribution in [0.2, 0.25) is 0 Å². The summed E-state index contributed by atoms with van der Waals surface area (Å²) in [4.78, 5) is 1.35. The van der Waals surface area contributed by atoms with E-state index in [-0.39, 0.29) is 0 Å². The molecule has 0 aliphatic heterocycles. The highest BCUT2D eigenvalue weighted by Gasteiger charge is 1.88. The molecule has 1 heteroatoms. The first-order valence-electron chi connectivity index (χ1n) is 4.34. The van der Waals surface area contributed by atoms with Crippen molar-refractivity contribution in [3.05, 3.63) is 35.8 Å². The fraction of sp³-hybridized carbons (Fsp3) is 0.455. The van der Waals surface area contributed by atoms with Crippen molar-refractivity contribution in [2.45, 2.75) is 26.7 Å². The van der Waals surface area contributed by atoms with Crippen LogP contribution in [0, 0.1) is 0 Å². The van der Waals surface area contributed by atoms with Gasteiger partial charge in [-0.1, -0.05) is 30.9 Å². The smallest absolute Gasteiger partial charge is 0.00204 e. The maximum Gasteiger partial charge on any atom is -0.00204 e. The molecule has 0 rings (SSSR count). The third kappa shape index (κ3) is 7.67. The van der Waals surface area contributed by atoms with Crippen LogP contribution in [-0.2, 0) is 0 Å². The van der Waals surface area contributed by atoms with E-state index in [1.165, 1.54) is 23.5 Å². The van der Waals surface area contributed by atoms with E-state index in [1.807, 2.05) is 17.8 Å². The molecule has 0 fully saturated rings. The third-order valence-corrected chi connectivity index (χ3v) is 2.52.